The topological polar surface area (TPSA) is 72.7 Å². The summed E-state index contributed by atoms with van der Waals surface area (Å²) < 4.78 is 5.67. The highest BCUT2D eigenvalue weighted by molar-refractivity contribution is 5.97. The number of carbonyl (C=O) groups is 1. The van der Waals surface area contributed by atoms with E-state index in [0.29, 0.717) is 12.4 Å². The Morgan fingerprint density at radius 3 is 2.45 bits per heavy atom. The van der Waals surface area contributed by atoms with Gasteiger partial charge in [0, 0.05) is 17.7 Å². The van der Waals surface area contributed by atoms with Crippen molar-refractivity contribution < 1.29 is 14.5 Å². The minimum absolute atomic E-state index is 0.116. The molecule has 6 heteroatoms. The van der Waals surface area contributed by atoms with E-state index in [2.05, 4.69) is 0 Å². The molecule has 0 atom stereocenters. The van der Waals surface area contributed by atoms with Crippen LogP contribution in [0.15, 0.2) is 18.2 Å². The van der Waals surface area contributed by atoms with Crippen LogP contribution in [0.25, 0.3) is 0 Å². The number of ether oxygens (including phenoxy) is 1. The van der Waals surface area contributed by atoms with Gasteiger partial charge in [0.2, 0.25) is 0 Å². The van der Waals surface area contributed by atoms with E-state index in [1.54, 1.807) is 0 Å². The van der Waals surface area contributed by atoms with E-state index in [0.717, 1.165) is 0 Å². The Bertz CT molecular complexity index is 524. The summed E-state index contributed by atoms with van der Waals surface area (Å²) in [6.07, 6.45) is 0. The average Bonchev–Trinajstić information content (AvgIpc) is 2.35. The third-order valence-corrected chi connectivity index (χ3v) is 3.34. The highest BCUT2D eigenvalue weighted by atomic mass is 16.6. The van der Waals surface area contributed by atoms with Crippen molar-refractivity contribution in [2.45, 2.75) is 26.3 Å². The molecule has 110 valence electrons. The summed E-state index contributed by atoms with van der Waals surface area (Å²) in [6.45, 7) is 5.75. The van der Waals surface area contributed by atoms with E-state index in [1.807, 2.05) is 32.8 Å². The van der Waals surface area contributed by atoms with E-state index in [4.69, 9.17) is 4.74 Å². The van der Waals surface area contributed by atoms with E-state index in [1.165, 1.54) is 25.1 Å². The third-order valence-electron chi connectivity index (χ3n) is 3.34. The number of hydrogen-bond acceptors (Lipinski definition) is 5. The number of hydrogen-bond donors (Lipinski definition) is 0. The first-order chi connectivity index (χ1) is 9.15. The van der Waals surface area contributed by atoms with Crippen LogP contribution in [0.4, 0.5) is 5.69 Å². The standard InChI is InChI=1S/C14H20N2O4/c1-10(17)12-8-11(16(18)19)6-7-13(12)20-9-14(2,3)15(4)5/h6-8H,9H2,1-5H3. The van der Waals surface area contributed by atoms with E-state index < -0.39 is 4.92 Å². The van der Waals surface area contributed by atoms with Crippen LogP contribution >= 0.6 is 0 Å². The summed E-state index contributed by atoms with van der Waals surface area (Å²) in [7, 11) is 3.87. The summed E-state index contributed by atoms with van der Waals surface area (Å²) in [5.74, 6) is 0.115. The second kappa shape index (κ2) is 6.00. The summed E-state index contributed by atoms with van der Waals surface area (Å²) >= 11 is 0. The SMILES string of the molecule is CC(=O)c1cc([N+](=O)[O-])ccc1OCC(C)(C)N(C)C. The van der Waals surface area contributed by atoms with Crippen LogP contribution in [0.5, 0.6) is 5.75 Å². The van der Waals surface area contributed by atoms with Crippen LogP contribution in [0.3, 0.4) is 0 Å². The maximum Gasteiger partial charge on any atom is 0.270 e. The zero-order chi connectivity index (χ0) is 15.5. The van der Waals surface area contributed by atoms with Crippen molar-refractivity contribution >= 4 is 11.5 Å². The quantitative estimate of drug-likeness (QED) is 0.455. The van der Waals surface area contributed by atoms with Gasteiger partial charge in [-0.3, -0.25) is 14.9 Å². The Morgan fingerprint density at radius 2 is 2.00 bits per heavy atom. The van der Waals surface area contributed by atoms with Gasteiger partial charge in [0.1, 0.15) is 12.4 Å². The zero-order valence-electron chi connectivity index (χ0n) is 12.5. The van der Waals surface area contributed by atoms with Gasteiger partial charge in [0.25, 0.3) is 5.69 Å². The number of nitrogens with zero attached hydrogens (tertiary/aromatic N) is 2. The predicted molar refractivity (Wildman–Crippen MR) is 76.4 cm³/mol. The molecule has 0 N–H and O–H groups in total. The Kier molecular flexibility index (Phi) is 4.83. The lowest BCUT2D eigenvalue weighted by Crippen LogP contribution is -2.43. The maximum atomic E-state index is 11.6. The molecule has 0 unspecified atom stereocenters. The number of rotatable bonds is 6. The molecule has 0 saturated heterocycles. The predicted octanol–water partition coefficient (Wildman–Crippen LogP) is 2.52. The Balaban J connectivity index is 3.01. The van der Waals surface area contributed by atoms with Gasteiger partial charge >= 0.3 is 0 Å². The van der Waals surface area contributed by atoms with Crippen molar-refractivity contribution in [2.75, 3.05) is 20.7 Å². The minimum Gasteiger partial charge on any atom is -0.491 e. The van der Waals surface area contributed by atoms with Gasteiger partial charge in [-0.15, -0.1) is 0 Å². The molecule has 1 aromatic rings. The highest BCUT2D eigenvalue weighted by Crippen LogP contribution is 2.26. The van der Waals surface area contributed by atoms with Gasteiger partial charge in [-0.2, -0.15) is 0 Å². The Morgan fingerprint density at radius 1 is 1.40 bits per heavy atom. The van der Waals surface area contributed by atoms with Crippen LogP contribution in [0.2, 0.25) is 0 Å². The Hall–Kier alpha value is -1.95. The zero-order valence-corrected chi connectivity index (χ0v) is 12.5. The van der Waals surface area contributed by atoms with Crippen LogP contribution in [0, 0.1) is 10.1 Å². The van der Waals surface area contributed by atoms with Crippen LogP contribution < -0.4 is 4.74 Å². The Labute approximate surface area is 118 Å². The van der Waals surface area contributed by atoms with Crippen molar-refractivity contribution in [3.05, 3.63) is 33.9 Å². The molecule has 0 aliphatic rings. The van der Waals surface area contributed by atoms with E-state index in [9.17, 15) is 14.9 Å². The number of ketones is 1. The van der Waals surface area contributed by atoms with Crippen molar-refractivity contribution in [1.82, 2.24) is 4.90 Å². The largest absolute Gasteiger partial charge is 0.491 e. The molecule has 0 aliphatic heterocycles. The van der Waals surface area contributed by atoms with Crippen molar-refractivity contribution in [2.24, 2.45) is 0 Å². The second-order valence-corrected chi connectivity index (χ2v) is 5.49. The molecule has 0 aromatic heterocycles. The monoisotopic (exact) mass is 280 g/mol. The summed E-state index contributed by atoms with van der Waals surface area (Å²) in [4.78, 5) is 23.8. The fraction of sp³-hybridized carbons (Fsp3) is 0.500. The molecule has 0 spiro atoms. The van der Waals surface area contributed by atoms with Crippen LogP contribution in [0.1, 0.15) is 31.1 Å². The summed E-state index contributed by atoms with van der Waals surface area (Å²) in [6, 6.07) is 4.06. The lowest BCUT2D eigenvalue weighted by Gasteiger charge is -2.32. The van der Waals surface area contributed by atoms with Crippen LogP contribution in [-0.4, -0.2) is 41.8 Å². The normalized spacial score (nSPS) is 11.5. The van der Waals surface area contributed by atoms with E-state index >= 15 is 0 Å². The molecule has 0 saturated carbocycles. The highest BCUT2D eigenvalue weighted by Gasteiger charge is 2.23. The summed E-state index contributed by atoms with van der Waals surface area (Å²) in [5.41, 5.74) is -0.0984. The van der Waals surface area contributed by atoms with E-state index in [-0.39, 0.29) is 22.6 Å². The molecule has 0 aliphatic carbocycles. The smallest absolute Gasteiger partial charge is 0.270 e. The number of likely N-dealkylation sites (N-methyl/N-ethyl adjacent to an activating group) is 1. The van der Waals surface area contributed by atoms with Gasteiger partial charge in [0.15, 0.2) is 5.78 Å². The minimum atomic E-state index is -0.528. The van der Waals surface area contributed by atoms with Crippen LogP contribution in [-0.2, 0) is 0 Å². The number of nitro groups is 1. The van der Waals surface area contributed by atoms with Crippen molar-refractivity contribution in [1.29, 1.82) is 0 Å². The fourth-order valence-corrected chi connectivity index (χ4v) is 1.42. The molecular weight excluding hydrogens is 260 g/mol. The van der Waals surface area contributed by atoms with Gasteiger partial charge in [-0.25, -0.2) is 0 Å². The summed E-state index contributed by atoms with van der Waals surface area (Å²) in [5, 5.41) is 10.7. The molecule has 20 heavy (non-hydrogen) atoms. The van der Waals surface area contributed by atoms with Gasteiger partial charge in [-0.1, -0.05) is 0 Å². The number of carbonyl (C=O) groups excluding carboxylic acids is 1. The first kappa shape index (κ1) is 16.1. The molecule has 6 nitrogen and oxygen atoms in total. The lowest BCUT2D eigenvalue weighted by molar-refractivity contribution is -0.384. The molecule has 0 amide bonds. The molecule has 0 heterocycles. The second-order valence-electron chi connectivity index (χ2n) is 5.49. The average molecular weight is 280 g/mol. The molecule has 1 aromatic carbocycles. The van der Waals surface area contributed by atoms with Crippen molar-refractivity contribution in [3.63, 3.8) is 0 Å². The molecule has 0 bridgehead atoms. The molecule has 0 radical (unpaired) electrons. The number of Topliss-reactive ketones (excluding diaryl/α,β-unsaturated/α-hetero) is 1. The number of non-ortho nitro benzene ring substituents is 1. The fourth-order valence-electron chi connectivity index (χ4n) is 1.42. The number of nitro benzene ring substituents is 1. The lowest BCUT2D eigenvalue weighted by atomic mass is 10.1. The first-order valence-corrected chi connectivity index (χ1v) is 6.25. The molecular formula is C14H20N2O4. The first-order valence-electron chi connectivity index (χ1n) is 6.25. The third kappa shape index (κ3) is 3.77. The molecule has 1 rings (SSSR count). The molecule has 0 fully saturated rings. The number of benzene rings is 1. The van der Waals surface area contributed by atoms with Crippen molar-refractivity contribution in [3.8, 4) is 5.75 Å². The van der Waals surface area contributed by atoms with Gasteiger partial charge < -0.3 is 9.64 Å². The van der Waals surface area contributed by atoms with Gasteiger partial charge in [-0.05, 0) is 40.9 Å². The maximum absolute atomic E-state index is 11.6. The van der Waals surface area contributed by atoms with Gasteiger partial charge in [0.05, 0.1) is 10.5 Å².